The molecule has 0 spiro atoms. The Morgan fingerprint density at radius 1 is 1.29 bits per heavy atom. The molecule has 14 heavy (non-hydrogen) atoms. The van der Waals surface area contributed by atoms with Gasteiger partial charge in [0.1, 0.15) is 16.1 Å². The Kier molecular flexibility index (Phi) is 5.11. The van der Waals surface area contributed by atoms with Crippen LogP contribution in [-0.2, 0) is 6.42 Å². The van der Waals surface area contributed by atoms with Gasteiger partial charge in [-0.3, -0.25) is 0 Å². The van der Waals surface area contributed by atoms with E-state index in [4.69, 9.17) is 23.2 Å². The molecular weight excluding hydrogens is 355 g/mol. The standard InChI is InChI=1S/C8H8Br2Cl2N2/c1-4-13-7(11)6(8(12)14-4)2-5(10)3-9/h5H,2-3H2,1H3/t5-/m1/s1. The van der Waals surface area contributed by atoms with Crippen molar-refractivity contribution in [2.24, 2.45) is 0 Å². The summed E-state index contributed by atoms with van der Waals surface area (Å²) in [6.45, 7) is 1.76. The number of alkyl halides is 2. The molecule has 0 saturated carbocycles. The summed E-state index contributed by atoms with van der Waals surface area (Å²) in [5.41, 5.74) is 0.792. The van der Waals surface area contributed by atoms with Crippen LogP contribution in [-0.4, -0.2) is 20.1 Å². The van der Waals surface area contributed by atoms with Crippen molar-refractivity contribution < 1.29 is 0 Å². The number of aromatic nitrogens is 2. The van der Waals surface area contributed by atoms with Gasteiger partial charge in [-0.2, -0.15) is 0 Å². The third kappa shape index (κ3) is 3.33. The largest absolute Gasteiger partial charge is 0.221 e. The van der Waals surface area contributed by atoms with Crippen LogP contribution in [0.4, 0.5) is 0 Å². The minimum absolute atomic E-state index is 0.281. The number of hydrogen-bond donors (Lipinski definition) is 0. The Morgan fingerprint density at radius 2 is 1.79 bits per heavy atom. The van der Waals surface area contributed by atoms with Crippen LogP contribution in [0.3, 0.4) is 0 Å². The van der Waals surface area contributed by atoms with Gasteiger partial charge >= 0.3 is 0 Å². The van der Waals surface area contributed by atoms with E-state index in [1.54, 1.807) is 6.92 Å². The highest BCUT2D eigenvalue weighted by Gasteiger charge is 2.13. The highest BCUT2D eigenvalue weighted by molar-refractivity contribution is 9.12. The van der Waals surface area contributed by atoms with Gasteiger partial charge in [0.15, 0.2) is 0 Å². The Labute approximate surface area is 110 Å². The predicted molar refractivity (Wildman–Crippen MR) is 67.0 cm³/mol. The first kappa shape index (κ1) is 12.7. The van der Waals surface area contributed by atoms with Gasteiger partial charge in [0.25, 0.3) is 0 Å². The first-order valence-electron chi connectivity index (χ1n) is 3.93. The number of rotatable bonds is 3. The molecule has 0 unspecified atom stereocenters. The van der Waals surface area contributed by atoms with E-state index in [1.165, 1.54) is 0 Å². The lowest BCUT2D eigenvalue weighted by atomic mass is 10.2. The molecule has 1 heterocycles. The van der Waals surface area contributed by atoms with Gasteiger partial charge in [0.05, 0.1) is 0 Å². The van der Waals surface area contributed by atoms with E-state index in [2.05, 4.69) is 41.8 Å². The topological polar surface area (TPSA) is 25.8 Å². The maximum atomic E-state index is 5.96. The van der Waals surface area contributed by atoms with E-state index in [0.717, 1.165) is 10.9 Å². The molecule has 0 N–H and O–H groups in total. The van der Waals surface area contributed by atoms with Crippen molar-refractivity contribution in [2.45, 2.75) is 18.2 Å². The third-order valence-electron chi connectivity index (χ3n) is 1.61. The normalized spacial score (nSPS) is 12.9. The average molecular weight is 363 g/mol. The monoisotopic (exact) mass is 360 g/mol. The van der Waals surface area contributed by atoms with Crippen LogP contribution in [0.1, 0.15) is 11.4 Å². The van der Waals surface area contributed by atoms with Gasteiger partial charge in [-0.05, 0) is 13.3 Å². The summed E-state index contributed by atoms with van der Waals surface area (Å²) in [6, 6.07) is 0. The highest BCUT2D eigenvalue weighted by atomic mass is 79.9. The van der Waals surface area contributed by atoms with E-state index < -0.39 is 0 Å². The molecule has 0 saturated heterocycles. The fraction of sp³-hybridized carbons (Fsp3) is 0.500. The lowest BCUT2D eigenvalue weighted by Crippen LogP contribution is -2.07. The van der Waals surface area contributed by atoms with Gasteiger partial charge in [-0.1, -0.05) is 55.1 Å². The Bertz CT molecular complexity index is 310. The second-order valence-corrected chi connectivity index (χ2v) is 5.45. The lowest BCUT2D eigenvalue weighted by Gasteiger charge is -2.09. The Morgan fingerprint density at radius 3 is 2.21 bits per heavy atom. The van der Waals surface area contributed by atoms with Crippen molar-refractivity contribution in [3.63, 3.8) is 0 Å². The van der Waals surface area contributed by atoms with E-state index in [0.29, 0.717) is 22.6 Å². The van der Waals surface area contributed by atoms with Gasteiger partial charge in [0, 0.05) is 15.7 Å². The zero-order valence-electron chi connectivity index (χ0n) is 7.40. The summed E-state index contributed by atoms with van der Waals surface area (Å²) in [6.07, 6.45) is 0.712. The summed E-state index contributed by atoms with van der Waals surface area (Å²) >= 11 is 18.8. The zero-order valence-corrected chi connectivity index (χ0v) is 12.1. The second-order valence-electron chi connectivity index (χ2n) is 2.79. The summed E-state index contributed by atoms with van der Waals surface area (Å²) < 4.78 is 0. The number of hydrogen-bond acceptors (Lipinski definition) is 2. The van der Waals surface area contributed by atoms with Gasteiger partial charge in [-0.25, -0.2) is 9.97 Å². The van der Waals surface area contributed by atoms with Crippen LogP contribution in [0.15, 0.2) is 0 Å². The van der Waals surface area contributed by atoms with Crippen LogP contribution in [0.2, 0.25) is 10.3 Å². The van der Waals surface area contributed by atoms with Crippen LogP contribution >= 0.6 is 55.1 Å². The minimum Gasteiger partial charge on any atom is -0.221 e. The fourth-order valence-corrected chi connectivity index (χ4v) is 2.15. The molecule has 0 aliphatic heterocycles. The summed E-state index contributed by atoms with van der Waals surface area (Å²) in [7, 11) is 0. The third-order valence-corrected chi connectivity index (χ3v) is 4.53. The van der Waals surface area contributed by atoms with Gasteiger partial charge < -0.3 is 0 Å². The van der Waals surface area contributed by atoms with Crippen LogP contribution < -0.4 is 0 Å². The lowest BCUT2D eigenvalue weighted by molar-refractivity contribution is 0.928. The van der Waals surface area contributed by atoms with E-state index in [-0.39, 0.29) is 4.83 Å². The molecule has 0 aromatic carbocycles. The number of nitrogens with zero attached hydrogens (tertiary/aromatic N) is 2. The van der Waals surface area contributed by atoms with Gasteiger partial charge in [0.2, 0.25) is 0 Å². The summed E-state index contributed by atoms with van der Waals surface area (Å²) in [5.74, 6) is 0.591. The predicted octanol–water partition coefficient (Wildman–Crippen LogP) is 3.79. The molecule has 0 aliphatic rings. The van der Waals surface area contributed by atoms with E-state index in [1.807, 2.05) is 0 Å². The highest BCUT2D eigenvalue weighted by Crippen LogP contribution is 2.24. The molecule has 2 nitrogen and oxygen atoms in total. The van der Waals surface area contributed by atoms with Crippen LogP contribution in [0.5, 0.6) is 0 Å². The first-order chi connectivity index (χ1) is 6.54. The Balaban J connectivity index is 2.96. The van der Waals surface area contributed by atoms with Crippen molar-refractivity contribution in [3.05, 3.63) is 21.7 Å². The smallest absolute Gasteiger partial charge is 0.137 e. The first-order valence-corrected chi connectivity index (χ1v) is 6.72. The SMILES string of the molecule is Cc1nc(Cl)c(C[C@@H](Br)CBr)c(Cl)n1. The van der Waals surface area contributed by atoms with Crippen molar-refractivity contribution in [2.75, 3.05) is 5.33 Å². The van der Waals surface area contributed by atoms with Crippen molar-refractivity contribution in [1.29, 1.82) is 0 Å². The van der Waals surface area contributed by atoms with Crippen molar-refractivity contribution >= 4 is 55.1 Å². The molecule has 0 fully saturated rings. The van der Waals surface area contributed by atoms with E-state index >= 15 is 0 Å². The zero-order chi connectivity index (χ0) is 10.7. The molecule has 0 amide bonds. The Hall–Kier alpha value is 0.620. The second kappa shape index (κ2) is 5.64. The summed E-state index contributed by atoms with van der Waals surface area (Å²) in [4.78, 5) is 8.39. The number of aryl methyl sites for hydroxylation is 1. The van der Waals surface area contributed by atoms with Crippen molar-refractivity contribution in [1.82, 2.24) is 9.97 Å². The molecule has 78 valence electrons. The molecule has 1 atom stereocenters. The molecule has 1 aromatic heterocycles. The molecule has 1 aromatic rings. The molecule has 1 rings (SSSR count). The molecular formula is C8H8Br2Cl2N2. The average Bonchev–Trinajstić information content (AvgIpc) is 2.10. The fourth-order valence-electron chi connectivity index (χ4n) is 0.974. The molecule has 0 radical (unpaired) electrons. The minimum atomic E-state index is 0.281. The van der Waals surface area contributed by atoms with Crippen LogP contribution in [0, 0.1) is 6.92 Å². The van der Waals surface area contributed by atoms with E-state index in [9.17, 15) is 0 Å². The number of halogens is 4. The van der Waals surface area contributed by atoms with Gasteiger partial charge in [-0.15, -0.1) is 0 Å². The quantitative estimate of drug-likeness (QED) is 0.604. The maximum Gasteiger partial charge on any atom is 0.137 e. The molecule has 0 bridgehead atoms. The molecule has 6 heteroatoms. The maximum absolute atomic E-state index is 5.96. The molecule has 0 aliphatic carbocycles. The van der Waals surface area contributed by atoms with Crippen LogP contribution in [0.25, 0.3) is 0 Å². The summed E-state index contributed by atoms with van der Waals surface area (Å²) in [5, 5.41) is 1.70. The van der Waals surface area contributed by atoms with Crippen molar-refractivity contribution in [3.8, 4) is 0 Å².